The number of amides is 1. The Kier molecular flexibility index (Phi) is 6.09. The Morgan fingerprint density at radius 3 is 2.71 bits per heavy atom. The Balaban J connectivity index is 1.88. The Morgan fingerprint density at radius 2 is 2.00 bits per heavy atom. The van der Waals surface area contributed by atoms with Crippen LogP contribution in [-0.2, 0) is 6.42 Å². The summed E-state index contributed by atoms with van der Waals surface area (Å²) in [6.45, 7) is 5.98. The van der Waals surface area contributed by atoms with Crippen molar-refractivity contribution in [1.29, 1.82) is 0 Å². The first-order chi connectivity index (χ1) is 13.5. The molecule has 2 aromatic heterocycles. The van der Waals surface area contributed by atoms with Gasteiger partial charge in [-0.1, -0.05) is 25.5 Å². The Bertz CT molecular complexity index is 958. The third-order valence-corrected chi connectivity index (χ3v) is 4.74. The molecule has 0 saturated heterocycles. The van der Waals surface area contributed by atoms with Crippen molar-refractivity contribution in [2.75, 3.05) is 7.05 Å². The standard InChI is InChI=1S/C22H25N5O/c1-5-7-19-13-21(26-16(3)25-19)17-8-6-9-18(12-17)22(28)27(4)15(2)20-10-11-23-14-24-20/h6,8-15H,5,7H2,1-4H3/t15-/m0/s1. The van der Waals surface area contributed by atoms with Gasteiger partial charge in [-0.25, -0.2) is 19.9 Å². The molecule has 0 aliphatic rings. The zero-order valence-corrected chi connectivity index (χ0v) is 16.8. The van der Waals surface area contributed by atoms with Gasteiger partial charge in [0.2, 0.25) is 0 Å². The molecule has 144 valence electrons. The summed E-state index contributed by atoms with van der Waals surface area (Å²) >= 11 is 0. The summed E-state index contributed by atoms with van der Waals surface area (Å²) in [6, 6.07) is 11.3. The summed E-state index contributed by atoms with van der Waals surface area (Å²) in [6.07, 6.45) is 5.12. The predicted octanol–water partition coefficient (Wildman–Crippen LogP) is 4.03. The molecule has 0 bridgehead atoms. The molecule has 3 aromatic rings. The summed E-state index contributed by atoms with van der Waals surface area (Å²) < 4.78 is 0. The van der Waals surface area contributed by atoms with Crippen molar-refractivity contribution in [3.63, 3.8) is 0 Å². The number of carbonyl (C=O) groups excluding carboxylic acids is 1. The molecular formula is C22H25N5O. The second-order valence-corrected chi connectivity index (χ2v) is 6.85. The number of aromatic nitrogens is 4. The second-order valence-electron chi connectivity index (χ2n) is 6.85. The molecule has 0 unspecified atom stereocenters. The van der Waals surface area contributed by atoms with Crippen LogP contribution in [0.1, 0.15) is 53.9 Å². The highest BCUT2D eigenvalue weighted by Crippen LogP contribution is 2.23. The molecule has 6 heteroatoms. The number of hydrogen-bond acceptors (Lipinski definition) is 5. The van der Waals surface area contributed by atoms with Gasteiger partial charge in [-0.3, -0.25) is 4.79 Å². The van der Waals surface area contributed by atoms with E-state index in [9.17, 15) is 4.79 Å². The number of rotatable bonds is 6. The van der Waals surface area contributed by atoms with Gasteiger partial charge >= 0.3 is 0 Å². The number of aryl methyl sites for hydroxylation is 2. The molecular weight excluding hydrogens is 350 g/mol. The lowest BCUT2D eigenvalue weighted by Crippen LogP contribution is -2.30. The molecule has 6 nitrogen and oxygen atoms in total. The number of carbonyl (C=O) groups is 1. The van der Waals surface area contributed by atoms with E-state index in [1.165, 1.54) is 6.33 Å². The van der Waals surface area contributed by atoms with Crippen molar-refractivity contribution in [2.45, 2.75) is 39.7 Å². The van der Waals surface area contributed by atoms with Crippen molar-refractivity contribution < 1.29 is 4.79 Å². The van der Waals surface area contributed by atoms with E-state index in [0.717, 1.165) is 41.3 Å². The van der Waals surface area contributed by atoms with E-state index in [1.807, 2.05) is 50.2 Å². The third-order valence-electron chi connectivity index (χ3n) is 4.74. The molecule has 0 fully saturated rings. The molecule has 3 rings (SSSR count). The smallest absolute Gasteiger partial charge is 0.254 e. The molecule has 28 heavy (non-hydrogen) atoms. The van der Waals surface area contributed by atoms with Crippen molar-refractivity contribution in [3.8, 4) is 11.3 Å². The van der Waals surface area contributed by atoms with Crippen LogP contribution in [0.3, 0.4) is 0 Å². The van der Waals surface area contributed by atoms with Gasteiger partial charge in [0.1, 0.15) is 12.2 Å². The Morgan fingerprint density at radius 1 is 1.18 bits per heavy atom. The van der Waals surface area contributed by atoms with Crippen LogP contribution < -0.4 is 0 Å². The quantitative estimate of drug-likeness (QED) is 0.650. The average molecular weight is 375 g/mol. The van der Waals surface area contributed by atoms with Crippen LogP contribution in [0.2, 0.25) is 0 Å². The van der Waals surface area contributed by atoms with Crippen molar-refractivity contribution in [2.24, 2.45) is 0 Å². The van der Waals surface area contributed by atoms with E-state index in [0.29, 0.717) is 5.56 Å². The topological polar surface area (TPSA) is 71.9 Å². The SMILES string of the molecule is CCCc1cc(-c2cccc(C(=O)N(C)[C@@H](C)c3ccncn3)c2)nc(C)n1. The van der Waals surface area contributed by atoms with E-state index in [1.54, 1.807) is 18.1 Å². The first-order valence-electron chi connectivity index (χ1n) is 9.47. The summed E-state index contributed by atoms with van der Waals surface area (Å²) in [5.41, 5.74) is 4.21. The van der Waals surface area contributed by atoms with Crippen LogP contribution >= 0.6 is 0 Å². The van der Waals surface area contributed by atoms with Gasteiger partial charge in [0.25, 0.3) is 5.91 Å². The van der Waals surface area contributed by atoms with Gasteiger partial charge in [-0.05, 0) is 44.5 Å². The maximum absolute atomic E-state index is 13.0. The van der Waals surface area contributed by atoms with Gasteiger partial charge in [-0.15, -0.1) is 0 Å². The maximum Gasteiger partial charge on any atom is 0.254 e. The molecule has 0 aliphatic carbocycles. The first kappa shape index (κ1) is 19.6. The molecule has 0 N–H and O–H groups in total. The minimum atomic E-state index is -0.156. The minimum Gasteiger partial charge on any atom is -0.333 e. The Hall–Kier alpha value is -3.15. The molecule has 0 saturated carbocycles. The number of nitrogens with zero attached hydrogens (tertiary/aromatic N) is 5. The summed E-state index contributed by atoms with van der Waals surface area (Å²) in [5, 5.41) is 0. The molecule has 1 aromatic carbocycles. The third kappa shape index (κ3) is 4.39. The lowest BCUT2D eigenvalue weighted by molar-refractivity contribution is 0.0739. The summed E-state index contributed by atoms with van der Waals surface area (Å²) in [5.74, 6) is 0.680. The van der Waals surface area contributed by atoms with Crippen molar-refractivity contribution in [3.05, 3.63) is 71.7 Å². The zero-order chi connectivity index (χ0) is 20.1. The molecule has 1 amide bonds. The van der Waals surface area contributed by atoms with Crippen LogP contribution in [0.4, 0.5) is 0 Å². The fourth-order valence-electron chi connectivity index (χ4n) is 3.10. The zero-order valence-electron chi connectivity index (χ0n) is 16.8. The number of benzene rings is 1. The van der Waals surface area contributed by atoms with Gasteiger partial charge in [0, 0.05) is 30.1 Å². The Labute approximate surface area is 165 Å². The largest absolute Gasteiger partial charge is 0.333 e. The highest BCUT2D eigenvalue weighted by Gasteiger charge is 2.20. The molecule has 1 atom stereocenters. The van der Waals surface area contributed by atoms with E-state index >= 15 is 0 Å². The van der Waals surface area contributed by atoms with Crippen LogP contribution in [0, 0.1) is 6.92 Å². The van der Waals surface area contributed by atoms with E-state index in [-0.39, 0.29) is 11.9 Å². The highest BCUT2D eigenvalue weighted by atomic mass is 16.2. The van der Waals surface area contributed by atoms with Gasteiger partial charge in [0.05, 0.1) is 17.4 Å². The van der Waals surface area contributed by atoms with Crippen molar-refractivity contribution in [1.82, 2.24) is 24.8 Å². The lowest BCUT2D eigenvalue weighted by Gasteiger charge is -2.24. The van der Waals surface area contributed by atoms with Crippen LogP contribution in [0.5, 0.6) is 0 Å². The highest BCUT2D eigenvalue weighted by molar-refractivity contribution is 5.95. The predicted molar refractivity (Wildman–Crippen MR) is 109 cm³/mol. The van der Waals surface area contributed by atoms with Gasteiger partial charge in [-0.2, -0.15) is 0 Å². The first-order valence-corrected chi connectivity index (χ1v) is 9.47. The molecule has 0 aliphatic heterocycles. The number of hydrogen-bond donors (Lipinski definition) is 0. The van der Waals surface area contributed by atoms with E-state index < -0.39 is 0 Å². The van der Waals surface area contributed by atoms with Gasteiger partial charge < -0.3 is 4.90 Å². The fourth-order valence-corrected chi connectivity index (χ4v) is 3.10. The van der Waals surface area contributed by atoms with E-state index in [2.05, 4.69) is 26.9 Å². The van der Waals surface area contributed by atoms with Crippen molar-refractivity contribution >= 4 is 5.91 Å². The molecule has 0 radical (unpaired) electrons. The summed E-state index contributed by atoms with van der Waals surface area (Å²) in [4.78, 5) is 32.0. The van der Waals surface area contributed by atoms with Gasteiger partial charge in [0.15, 0.2) is 0 Å². The van der Waals surface area contributed by atoms with Crippen LogP contribution in [0.25, 0.3) is 11.3 Å². The monoisotopic (exact) mass is 375 g/mol. The molecule has 2 heterocycles. The fraction of sp³-hybridized carbons (Fsp3) is 0.318. The average Bonchev–Trinajstić information content (AvgIpc) is 2.72. The maximum atomic E-state index is 13.0. The van der Waals surface area contributed by atoms with Crippen LogP contribution in [-0.4, -0.2) is 37.8 Å². The lowest BCUT2D eigenvalue weighted by atomic mass is 10.0. The van der Waals surface area contributed by atoms with Crippen LogP contribution in [0.15, 0.2) is 48.9 Å². The normalized spacial score (nSPS) is 11.9. The minimum absolute atomic E-state index is 0.0625. The van der Waals surface area contributed by atoms with E-state index in [4.69, 9.17) is 0 Å². The molecule has 0 spiro atoms. The summed E-state index contributed by atoms with van der Waals surface area (Å²) in [7, 11) is 1.79. The second kappa shape index (κ2) is 8.69.